The highest BCUT2D eigenvalue weighted by Gasteiger charge is 2.35. The molecule has 0 fully saturated rings. The van der Waals surface area contributed by atoms with Gasteiger partial charge in [-0.1, -0.05) is 39.0 Å². The van der Waals surface area contributed by atoms with Gasteiger partial charge in [0.25, 0.3) is 5.91 Å². The van der Waals surface area contributed by atoms with Crippen molar-refractivity contribution < 1.29 is 19.0 Å². The molecule has 2 aliphatic heterocycles. The maximum Gasteiger partial charge on any atom is 0.283 e. The summed E-state index contributed by atoms with van der Waals surface area (Å²) in [6.07, 6.45) is 4.46. The van der Waals surface area contributed by atoms with Crippen LogP contribution >= 0.6 is 11.8 Å². The normalized spacial score (nSPS) is 16.7. The molecule has 0 saturated heterocycles. The number of thioether (sulfide) groups is 1. The highest BCUT2D eigenvalue weighted by Crippen LogP contribution is 2.32. The van der Waals surface area contributed by atoms with E-state index < -0.39 is 5.91 Å². The van der Waals surface area contributed by atoms with Crippen LogP contribution in [0.4, 0.5) is 0 Å². The Kier molecular flexibility index (Phi) is 9.23. The number of carbonyl (C=O) groups is 1. The number of nitrogens with one attached hydrogen (secondary N) is 1. The number of hydrogen-bond acceptors (Lipinski definition) is 7. The first kappa shape index (κ1) is 27.4. The Morgan fingerprint density at radius 3 is 2.50 bits per heavy atom. The molecule has 0 aliphatic carbocycles. The van der Waals surface area contributed by atoms with E-state index in [-0.39, 0.29) is 11.4 Å². The zero-order valence-electron chi connectivity index (χ0n) is 22.3. The van der Waals surface area contributed by atoms with E-state index in [0.29, 0.717) is 48.0 Å². The summed E-state index contributed by atoms with van der Waals surface area (Å²) in [7, 11) is 0. The van der Waals surface area contributed by atoms with E-state index in [2.05, 4.69) is 43.0 Å². The molecule has 2 heterocycles. The van der Waals surface area contributed by atoms with E-state index in [1.807, 2.05) is 25.1 Å². The fourth-order valence-corrected chi connectivity index (χ4v) is 4.94. The van der Waals surface area contributed by atoms with E-state index >= 15 is 0 Å². The minimum atomic E-state index is -0.450. The maximum atomic E-state index is 12.7. The second kappa shape index (κ2) is 12.8. The molecule has 1 atom stereocenters. The number of fused-ring (bicyclic) bond motifs is 1. The molecule has 2 aliphatic rings. The smallest absolute Gasteiger partial charge is 0.283 e. The fourth-order valence-electron chi connectivity index (χ4n) is 3.95. The third-order valence-corrected chi connectivity index (χ3v) is 7.18. The molecule has 1 amide bonds. The lowest BCUT2D eigenvalue weighted by atomic mass is 9.99. The first-order valence-corrected chi connectivity index (χ1v) is 13.9. The molecule has 0 aromatic heterocycles. The highest BCUT2D eigenvalue weighted by atomic mass is 32.2. The monoisotopic (exact) mass is 534 g/mol. The van der Waals surface area contributed by atoms with Crippen LogP contribution in [0.25, 0.3) is 6.08 Å². The Labute approximate surface area is 228 Å². The number of aliphatic imine (C=N–C) groups is 1. The molecule has 9 heteroatoms. The zero-order valence-corrected chi connectivity index (χ0v) is 23.1. The molecule has 0 saturated carbocycles. The van der Waals surface area contributed by atoms with Crippen LogP contribution in [0.15, 0.2) is 58.1 Å². The number of rotatable bonds is 12. The molecular formula is C29H34N4O4S. The molecule has 2 aromatic carbocycles. The number of benzene rings is 2. The zero-order chi connectivity index (χ0) is 27.1. The molecule has 0 spiro atoms. The first-order chi connectivity index (χ1) is 18.4. The summed E-state index contributed by atoms with van der Waals surface area (Å²) in [4.78, 5) is 16.8. The molecule has 4 rings (SSSR count). The number of carbonyl (C=O) groups excluding carboxylic acids is 1. The van der Waals surface area contributed by atoms with Crippen molar-refractivity contribution >= 4 is 39.8 Å². The lowest BCUT2D eigenvalue weighted by Gasteiger charge is -2.20. The number of nitrogens with zero attached hydrogens (tertiary/aromatic N) is 3. The van der Waals surface area contributed by atoms with Gasteiger partial charge in [0, 0.05) is 0 Å². The van der Waals surface area contributed by atoms with E-state index in [0.717, 1.165) is 30.1 Å². The van der Waals surface area contributed by atoms with Crippen LogP contribution in [-0.2, 0) is 4.79 Å². The Hall–Kier alpha value is -3.59. The molecule has 0 bridgehead atoms. The van der Waals surface area contributed by atoms with Gasteiger partial charge in [-0.25, -0.2) is 0 Å². The van der Waals surface area contributed by atoms with Crippen molar-refractivity contribution in [2.45, 2.75) is 52.9 Å². The van der Waals surface area contributed by atoms with Crippen LogP contribution in [0.5, 0.6) is 17.2 Å². The summed E-state index contributed by atoms with van der Waals surface area (Å²) in [6.45, 7) is 9.55. The van der Waals surface area contributed by atoms with Crippen LogP contribution < -0.4 is 14.2 Å². The van der Waals surface area contributed by atoms with Crippen molar-refractivity contribution in [3.05, 3.63) is 59.2 Å². The topological polar surface area (TPSA) is 96.6 Å². The van der Waals surface area contributed by atoms with Gasteiger partial charge in [-0.05, 0) is 85.3 Å². The van der Waals surface area contributed by atoms with Crippen molar-refractivity contribution in [2.75, 3.05) is 19.8 Å². The van der Waals surface area contributed by atoms with E-state index in [4.69, 9.17) is 19.6 Å². The largest absolute Gasteiger partial charge is 0.490 e. The highest BCUT2D eigenvalue weighted by molar-refractivity contribution is 8.26. The van der Waals surface area contributed by atoms with Crippen LogP contribution in [0.3, 0.4) is 0 Å². The van der Waals surface area contributed by atoms with E-state index in [9.17, 15) is 4.79 Å². The summed E-state index contributed by atoms with van der Waals surface area (Å²) in [5.74, 6) is 2.04. The van der Waals surface area contributed by atoms with Crippen LogP contribution in [0, 0.1) is 5.41 Å². The van der Waals surface area contributed by atoms with Crippen LogP contribution in [-0.4, -0.2) is 46.8 Å². The summed E-state index contributed by atoms with van der Waals surface area (Å²) in [5.41, 5.74) is 2.19. The molecule has 8 nitrogen and oxygen atoms in total. The van der Waals surface area contributed by atoms with Crippen molar-refractivity contribution in [3.63, 3.8) is 0 Å². The minimum absolute atomic E-state index is 0.0197. The predicted molar refractivity (Wildman–Crippen MR) is 154 cm³/mol. The van der Waals surface area contributed by atoms with E-state index in [1.54, 1.807) is 18.2 Å². The number of hydrazone groups is 1. The van der Waals surface area contributed by atoms with Gasteiger partial charge in [-0.3, -0.25) is 10.2 Å². The van der Waals surface area contributed by atoms with E-state index in [1.165, 1.54) is 22.3 Å². The molecule has 0 radical (unpaired) electrons. The fraction of sp³-hybridized carbons (Fsp3) is 0.379. The number of amidine groups is 2. The summed E-state index contributed by atoms with van der Waals surface area (Å²) in [6, 6.07) is 13.6. The van der Waals surface area contributed by atoms with Gasteiger partial charge in [0.1, 0.15) is 24.0 Å². The van der Waals surface area contributed by atoms with Crippen molar-refractivity contribution in [3.8, 4) is 17.2 Å². The second-order valence-electron chi connectivity index (χ2n) is 8.98. The van der Waals surface area contributed by atoms with Crippen molar-refractivity contribution in [1.82, 2.24) is 5.01 Å². The summed E-state index contributed by atoms with van der Waals surface area (Å²) >= 11 is 1.35. The van der Waals surface area contributed by atoms with Gasteiger partial charge in [0.05, 0.1) is 12.2 Å². The lowest BCUT2D eigenvalue weighted by molar-refractivity contribution is -0.114. The SMILES string of the molecule is CCCC1=NN2C(=N)/C(=C\c3ccc(OCCOc4ccc(C(C)CC)cc4)c(OCC)c3)C(=O)N=C2S1. The Balaban J connectivity index is 1.41. The second-order valence-corrected chi connectivity index (χ2v) is 10.0. The van der Waals surface area contributed by atoms with Crippen LogP contribution in [0.1, 0.15) is 64.0 Å². The third-order valence-electron chi connectivity index (χ3n) is 6.21. The summed E-state index contributed by atoms with van der Waals surface area (Å²) in [5, 5.41) is 15.7. The number of amides is 1. The Morgan fingerprint density at radius 1 is 1.03 bits per heavy atom. The molecule has 1 N–H and O–H groups in total. The van der Waals surface area contributed by atoms with Gasteiger partial charge in [0.2, 0.25) is 5.17 Å². The minimum Gasteiger partial charge on any atom is -0.490 e. The molecule has 2 aromatic rings. The average Bonchev–Trinajstić information content (AvgIpc) is 3.32. The van der Waals surface area contributed by atoms with Gasteiger partial charge in [0.15, 0.2) is 17.3 Å². The molecule has 200 valence electrons. The van der Waals surface area contributed by atoms with Gasteiger partial charge >= 0.3 is 0 Å². The molecular weight excluding hydrogens is 500 g/mol. The number of ether oxygens (including phenoxy) is 3. The van der Waals surface area contributed by atoms with Crippen LogP contribution in [0.2, 0.25) is 0 Å². The Morgan fingerprint density at radius 2 is 1.79 bits per heavy atom. The average molecular weight is 535 g/mol. The standard InChI is InChI=1S/C29H34N4O4S/c1-5-8-26-32-33-27(30)23(28(34)31-29(33)38-26)17-20-9-14-24(25(18-20)35-7-3)37-16-15-36-22-12-10-21(11-13-22)19(4)6-2/h9-14,17-19,30H,5-8,15-16H2,1-4H3/b23-17+,30-27?. The Bertz CT molecular complexity index is 1270. The summed E-state index contributed by atoms with van der Waals surface area (Å²) < 4.78 is 17.6. The van der Waals surface area contributed by atoms with Gasteiger partial charge < -0.3 is 14.2 Å². The number of hydrogen-bond donors (Lipinski definition) is 1. The van der Waals surface area contributed by atoms with Gasteiger partial charge in [-0.15, -0.1) is 0 Å². The third kappa shape index (κ3) is 6.45. The lowest BCUT2D eigenvalue weighted by Crippen LogP contribution is -2.35. The van der Waals surface area contributed by atoms with Crippen molar-refractivity contribution in [2.24, 2.45) is 10.1 Å². The molecule has 1 unspecified atom stereocenters. The maximum absolute atomic E-state index is 12.7. The molecule has 38 heavy (non-hydrogen) atoms. The van der Waals surface area contributed by atoms with Crippen molar-refractivity contribution in [1.29, 1.82) is 5.41 Å². The quantitative estimate of drug-likeness (QED) is 0.247. The first-order valence-electron chi connectivity index (χ1n) is 13.0. The van der Waals surface area contributed by atoms with Gasteiger partial charge in [-0.2, -0.15) is 15.1 Å². The predicted octanol–water partition coefficient (Wildman–Crippen LogP) is 6.48.